The first-order chi connectivity index (χ1) is 8.72. The van der Waals surface area contributed by atoms with Gasteiger partial charge in [0.2, 0.25) is 0 Å². The molecule has 1 aliphatic heterocycles. The molecular formula is C11H12N4O2S. The van der Waals surface area contributed by atoms with Crippen molar-refractivity contribution in [2.45, 2.75) is 19.9 Å². The van der Waals surface area contributed by atoms with Crippen molar-refractivity contribution in [2.24, 2.45) is 0 Å². The molecule has 1 amide bonds. The fourth-order valence-electron chi connectivity index (χ4n) is 1.81. The molecule has 2 aromatic heterocycles. The van der Waals surface area contributed by atoms with E-state index >= 15 is 0 Å². The second-order valence-electron chi connectivity index (χ2n) is 4.09. The molecule has 18 heavy (non-hydrogen) atoms. The highest BCUT2D eigenvalue weighted by molar-refractivity contribution is 7.15. The number of carbonyl (C=O) groups excluding carboxylic acids is 1. The molecule has 0 radical (unpaired) electrons. The van der Waals surface area contributed by atoms with Gasteiger partial charge >= 0.3 is 0 Å². The van der Waals surface area contributed by atoms with E-state index in [1.54, 1.807) is 13.0 Å². The summed E-state index contributed by atoms with van der Waals surface area (Å²) < 4.78 is 4.87. The number of aryl methyl sites for hydroxylation is 1. The van der Waals surface area contributed by atoms with Crippen molar-refractivity contribution < 1.29 is 9.32 Å². The fraction of sp³-hybridized carbons (Fsp3) is 0.364. The summed E-state index contributed by atoms with van der Waals surface area (Å²) in [4.78, 5) is 17.5. The van der Waals surface area contributed by atoms with Crippen LogP contribution in [0.5, 0.6) is 0 Å². The van der Waals surface area contributed by atoms with Crippen molar-refractivity contribution in [1.82, 2.24) is 15.5 Å². The number of nitrogens with zero attached hydrogens (tertiary/aromatic N) is 2. The summed E-state index contributed by atoms with van der Waals surface area (Å²) in [6.07, 6.45) is 0.908. The van der Waals surface area contributed by atoms with Crippen molar-refractivity contribution in [2.75, 3.05) is 11.9 Å². The molecule has 0 bridgehead atoms. The summed E-state index contributed by atoms with van der Waals surface area (Å²) in [7, 11) is 0. The number of carbonyl (C=O) groups is 1. The first-order valence-corrected chi connectivity index (χ1v) is 6.48. The summed E-state index contributed by atoms with van der Waals surface area (Å²) in [6.45, 7) is 3.51. The Balaban J connectivity index is 1.76. The Hall–Kier alpha value is -1.73. The van der Waals surface area contributed by atoms with Crippen molar-refractivity contribution in [3.8, 4) is 0 Å². The van der Waals surface area contributed by atoms with E-state index in [1.165, 1.54) is 16.2 Å². The van der Waals surface area contributed by atoms with Crippen LogP contribution in [-0.4, -0.2) is 22.6 Å². The van der Waals surface area contributed by atoms with Crippen molar-refractivity contribution in [3.63, 3.8) is 0 Å². The molecule has 0 atom stereocenters. The normalized spacial score (nSPS) is 14.3. The quantitative estimate of drug-likeness (QED) is 0.855. The number of fused-ring (bicyclic) bond motifs is 1. The van der Waals surface area contributed by atoms with Crippen LogP contribution < -0.4 is 10.6 Å². The van der Waals surface area contributed by atoms with Crippen LogP contribution in [0.15, 0.2) is 10.6 Å². The zero-order valence-electron chi connectivity index (χ0n) is 9.82. The fourth-order valence-corrected chi connectivity index (χ4v) is 2.79. The predicted molar refractivity (Wildman–Crippen MR) is 66.7 cm³/mol. The molecular weight excluding hydrogens is 252 g/mol. The summed E-state index contributed by atoms with van der Waals surface area (Å²) in [5.41, 5.74) is 1.35. The molecule has 0 spiro atoms. The maximum absolute atomic E-state index is 11.9. The molecule has 0 aromatic carbocycles. The van der Waals surface area contributed by atoms with Crippen LogP contribution in [0.4, 0.5) is 5.13 Å². The number of hydrogen-bond acceptors (Lipinski definition) is 6. The minimum Gasteiger partial charge on any atom is -0.361 e. The van der Waals surface area contributed by atoms with Crippen LogP contribution in [0.25, 0.3) is 0 Å². The minimum absolute atomic E-state index is 0.277. The lowest BCUT2D eigenvalue weighted by Crippen LogP contribution is -2.22. The first kappa shape index (κ1) is 11.4. The van der Waals surface area contributed by atoms with Crippen LogP contribution in [0.3, 0.4) is 0 Å². The number of aromatic nitrogens is 2. The Labute approximate surface area is 107 Å². The van der Waals surface area contributed by atoms with Gasteiger partial charge in [0, 0.05) is 30.5 Å². The van der Waals surface area contributed by atoms with E-state index in [4.69, 9.17) is 4.52 Å². The van der Waals surface area contributed by atoms with Crippen molar-refractivity contribution in [3.05, 3.63) is 28.1 Å². The lowest BCUT2D eigenvalue weighted by atomic mass is 10.2. The molecule has 0 aliphatic carbocycles. The zero-order chi connectivity index (χ0) is 12.5. The third-order valence-electron chi connectivity index (χ3n) is 2.68. The van der Waals surface area contributed by atoms with Gasteiger partial charge in [-0.05, 0) is 6.92 Å². The number of nitrogens with one attached hydrogen (secondary N) is 2. The van der Waals surface area contributed by atoms with Gasteiger partial charge in [0.15, 0.2) is 10.8 Å². The Kier molecular flexibility index (Phi) is 2.85. The van der Waals surface area contributed by atoms with Gasteiger partial charge in [0.05, 0.1) is 5.69 Å². The number of rotatable bonds is 2. The second-order valence-corrected chi connectivity index (χ2v) is 5.18. The Morgan fingerprint density at radius 2 is 2.50 bits per heavy atom. The van der Waals surface area contributed by atoms with E-state index in [0.717, 1.165) is 25.2 Å². The van der Waals surface area contributed by atoms with E-state index in [9.17, 15) is 4.79 Å². The molecule has 0 saturated carbocycles. The number of hydrogen-bond donors (Lipinski definition) is 2. The highest BCUT2D eigenvalue weighted by atomic mass is 32.1. The molecule has 6 nitrogen and oxygen atoms in total. The number of anilines is 1. The maximum atomic E-state index is 11.9. The van der Waals surface area contributed by atoms with Crippen LogP contribution in [0, 0.1) is 6.92 Å². The Morgan fingerprint density at radius 3 is 3.22 bits per heavy atom. The van der Waals surface area contributed by atoms with Crippen molar-refractivity contribution in [1.29, 1.82) is 0 Å². The third-order valence-corrected chi connectivity index (χ3v) is 3.70. The average molecular weight is 264 g/mol. The second kappa shape index (κ2) is 4.51. The van der Waals surface area contributed by atoms with E-state index < -0.39 is 0 Å². The molecule has 7 heteroatoms. The first-order valence-electron chi connectivity index (χ1n) is 5.66. The van der Waals surface area contributed by atoms with Gasteiger partial charge in [-0.1, -0.05) is 5.16 Å². The third kappa shape index (κ3) is 2.14. The van der Waals surface area contributed by atoms with Gasteiger partial charge in [-0.3, -0.25) is 10.1 Å². The molecule has 3 rings (SSSR count). The van der Waals surface area contributed by atoms with E-state index in [2.05, 4.69) is 20.8 Å². The molecule has 2 N–H and O–H groups in total. The van der Waals surface area contributed by atoms with Crippen LogP contribution in [0.2, 0.25) is 0 Å². The summed E-state index contributed by atoms with van der Waals surface area (Å²) in [5.74, 6) is 0.327. The smallest absolute Gasteiger partial charge is 0.279 e. The number of thiazole rings is 1. The average Bonchev–Trinajstić information content (AvgIpc) is 2.94. The highest BCUT2D eigenvalue weighted by Crippen LogP contribution is 2.25. The summed E-state index contributed by atoms with van der Waals surface area (Å²) >= 11 is 1.50. The molecule has 0 fully saturated rings. The van der Waals surface area contributed by atoms with E-state index in [1.807, 2.05) is 0 Å². The molecule has 0 unspecified atom stereocenters. The monoisotopic (exact) mass is 264 g/mol. The highest BCUT2D eigenvalue weighted by Gasteiger charge is 2.17. The van der Waals surface area contributed by atoms with E-state index in [0.29, 0.717) is 10.9 Å². The summed E-state index contributed by atoms with van der Waals surface area (Å²) in [6, 6.07) is 1.60. The maximum Gasteiger partial charge on any atom is 0.279 e. The Bertz CT molecular complexity index is 566. The van der Waals surface area contributed by atoms with E-state index in [-0.39, 0.29) is 11.6 Å². The minimum atomic E-state index is -0.286. The molecule has 1 aliphatic rings. The lowest BCUT2D eigenvalue weighted by Gasteiger charge is -2.09. The van der Waals surface area contributed by atoms with Crippen LogP contribution >= 0.6 is 11.3 Å². The Morgan fingerprint density at radius 1 is 1.61 bits per heavy atom. The predicted octanol–water partition coefficient (Wildman–Crippen LogP) is 1.34. The molecule has 3 heterocycles. The van der Waals surface area contributed by atoms with Gasteiger partial charge in [-0.15, -0.1) is 11.3 Å². The van der Waals surface area contributed by atoms with Gasteiger partial charge in [0.25, 0.3) is 5.91 Å². The van der Waals surface area contributed by atoms with Crippen LogP contribution in [-0.2, 0) is 13.0 Å². The van der Waals surface area contributed by atoms with Gasteiger partial charge in [-0.2, -0.15) is 0 Å². The molecule has 0 saturated heterocycles. The van der Waals surface area contributed by atoms with Gasteiger partial charge in [-0.25, -0.2) is 4.98 Å². The largest absolute Gasteiger partial charge is 0.361 e. The summed E-state index contributed by atoms with van der Waals surface area (Å²) in [5, 5.41) is 10.3. The standard InChI is InChI=1S/C11H12N4O2S/c1-6-4-8(15-17-6)10(16)14-11-13-7-2-3-12-5-9(7)18-11/h4,12H,2-3,5H2,1H3,(H,13,14,16). The molecule has 2 aromatic rings. The van der Waals surface area contributed by atoms with Gasteiger partial charge in [0.1, 0.15) is 5.76 Å². The molecule has 94 valence electrons. The SMILES string of the molecule is Cc1cc(C(=O)Nc2nc3c(s2)CNCC3)no1. The lowest BCUT2D eigenvalue weighted by molar-refractivity contribution is 0.101. The topological polar surface area (TPSA) is 80.0 Å². The zero-order valence-corrected chi connectivity index (χ0v) is 10.6. The van der Waals surface area contributed by atoms with Gasteiger partial charge < -0.3 is 9.84 Å². The number of amides is 1. The van der Waals surface area contributed by atoms with Crippen molar-refractivity contribution >= 4 is 22.4 Å². The van der Waals surface area contributed by atoms with Crippen LogP contribution in [0.1, 0.15) is 26.8 Å².